The Bertz CT molecular complexity index is 300. The van der Waals surface area contributed by atoms with E-state index in [1.165, 1.54) is 12.8 Å². The van der Waals surface area contributed by atoms with Crippen LogP contribution < -0.4 is 5.73 Å². The quantitative estimate of drug-likeness (QED) is 0.789. The monoisotopic (exact) mass is 195 g/mol. The minimum absolute atomic E-state index is 0.113. The molecule has 0 bridgehead atoms. The van der Waals surface area contributed by atoms with E-state index in [0.717, 1.165) is 25.7 Å². The molecule has 0 aliphatic heterocycles. The Kier molecular flexibility index (Phi) is 2.39. The van der Waals surface area contributed by atoms with Gasteiger partial charge in [0.25, 0.3) is 0 Å². The van der Waals surface area contributed by atoms with E-state index < -0.39 is 0 Å². The van der Waals surface area contributed by atoms with Crippen molar-refractivity contribution in [3.05, 3.63) is 0 Å². The number of hydrogen-bond acceptors (Lipinski definition) is 4. The highest BCUT2D eigenvalue weighted by atomic mass is 15.6. The summed E-state index contributed by atoms with van der Waals surface area (Å²) in [6.45, 7) is 2.20. The second kappa shape index (κ2) is 3.55. The standard InChI is InChI=1S/C9H17N5/c1-2-5-9(6-3-4-7-9)14-8(10)11-12-13-14/h2-7H2,1H3,(H2,10,11,13). The zero-order valence-corrected chi connectivity index (χ0v) is 8.61. The molecule has 78 valence electrons. The number of tetrazole rings is 1. The van der Waals surface area contributed by atoms with Crippen LogP contribution in [-0.4, -0.2) is 20.2 Å². The third-order valence-corrected chi connectivity index (χ3v) is 3.19. The van der Waals surface area contributed by atoms with Gasteiger partial charge in [0.1, 0.15) is 0 Å². The highest BCUT2D eigenvalue weighted by molar-refractivity contribution is 5.14. The molecule has 0 unspecified atom stereocenters. The van der Waals surface area contributed by atoms with Gasteiger partial charge < -0.3 is 5.73 Å². The lowest BCUT2D eigenvalue weighted by Gasteiger charge is -2.28. The van der Waals surface area contributed by atoms with E-state index in [0.29, 0.717) is 5.95 Å². The lowest BCUT2D eigenvalue weighted by atomic mass is 9.92. The van der Waals surface area contributed by atoms with Crippen LogP contribution in [0.3, 0.4) is 0 Å². The number of nitrogen functional groups attached to an aromatic ring is 1. The van der Waals surface area contributed by atoms with Crippen LogP contribution >= 0.6 is 0 Å². The van der Waals surface area contributed by atoms with Crippen molar-refractivity contribution >= 4 is 5.95 Å². The summed E-state index contributed by atoms with van der Waals surface area (Å²) in [6, 6.07) is 0. The summed E-state index contributed by atoms with van der Waals surface area (Å²) in [5, 5.41) is 11.4. The second-order valence-electron chi connectivity index (χ2n) is 4.13. The first-order chi connectivity index (χ1) is 6.78. The predicted molar refractivity (Wildman–Crippen MR) is 53.6 cm³/mol. The largest absolute Gasteiger partial charge is 0.367 e. The fourth-order valence-electron chi connectivity index (χ4n) is 2.60. The highest BCUT2D eigenvalue weighted by Crippen LogP contribution is 2.40. The molecule has 2 rings (SSSR count). The van der Waals surface area contributed by atoms with Crippen molar-refractivity contribution in [2.24, 2.45) is 0 Å². The molecule has 5 heteroatoms. The third-order valence-electron chi connectivity index (χ3n) is 3.19. The molecule has 5 nitrogen and oxygen atoms in total. The molecule has 1 fully saturated rings. The first-order valence-electron chi connectivity index (χ1n) is 5.33. The Morgan fingerprint density at radius 2 is 2.14 bits per heavy atom. The Hall–Kier alpha value is -1.13. The van der Waals surface area contributed by atoms with Gasteiger partial charge in [0.05, 0.1) is 5.54 Å². The topological polar surface area (TPSA) is 69.6 Å². The molecular weight excluding hydrogens is 178 g/mol. The van der Waals surface area contributed by atoms with Crippen molar-refractivity contribution in [2.75, 3.05) is 5.73 Å². The minimum atomic E-state index is 0.113. The average Bonchev–Trinajstić information content (AvgIpc) is 2.75. The minimum Gasteiger partial charge on any atom is -0.367 e. The van der Waals surface area contributed by atoms with Crippen molar-refractivity contribution in [3.63, 3.8) is 0 Å². The molecule has 1 aliphatic rings. The first kappa shape index (κ1) is 9.43. The Morgan fingerprint density at radius 3 is 2.64 bits per heavy atom. The van der Waals surface area contributed by atoms with Crippen molar-refractivity contribution in [1.82, 2.24) is 20.2 Å². The van der Waals surface area contributed by atoms with Gasteiger partial charge in [-0.05, 0) is 29.7 Å². The molecule has 1 saturated carbocycles. The predicted octanol–water partition coefficient (Wildman–Crippen LogP) is 1.32. The van der Waals surface area contributed by atoms with Crippen LogP contribution in [0.15, 0.2) is 0 Å². The fraction of sp³-hybridized carbons (Fsp3) is 0.889. The summed E-state index contributed by atoms with van der Waals surface area (Å²) in [7, 11) is 0. The molecule has 1 aromatic rings. The normalized spacial score (nSPS) is 20.1. The summed E-state index contributed by atoms with van der Waals surface area (Å²) in [4.78, 5) is 0. The number of nitrogens with two attached hydrogens (primary N) is 1. The van der Waals surface area contributed by atoms with Gasteiger partial charge in [0, 0.05) is 0 Å². The lowest BCUT2D eigenvalue weighted by Crippen LogP contribution is -2.32. The average molecular weight is 195 g/mol. The molecule has 0 spiro atoms. The van der Waals surface area contributed by atoms with Crippen molar-refractivity contribution in [1.29, 1.82) is 0 Å². The van der Waals surface area contributed by atoms with Crippen LogP contribution in [-0.2, 0) is 5.54 Å². The van der Waals surface area contributed by atoms with Crippen LogP contribution in [0.2, 0.25) is 0 Å². The molecule has 0 amide bonds. The summed E-state index contributed by atoms with van der Waals surface area (Å²) >= 11 is 0. The summed E-state index contributed by atoms with van der Waals surface area (Å²) in [6.07, 6.45) is 7.13. The molecule has 0 radical (unpaired) electrons. The number of nitrogens with zero attached hydrogens (tertiary/aromatic N) is 4. The fourth-order valence-corrected chi connectivity index (χ4v) is 2.60. The van der Waals surface area contributed by atoms with Gasteiger partial charge in [-0.15, -0.1) is 0 Å². The van der Waals surface area contributed by atoms with E-state index in [4.69, 9.17) is 5.73 Å². The van der Waals surface area contributed by atoms with E-state index in [1.807, 2.05) is 4.68 Å². The Labute approximate surface area is 83.7 Å². The van der Waals surface area contributed by atoms with Gasteiger partial charge in [-0.25, -0.2) is 4.68 Å². The van der Waals surface area contributed by atoms with E-state index in [1.54, 1.807) is 0 Å². The number of aromatic nitrogens is 4. The van der Waals surface area contributed by atoms with E-state index in [2.05, 4.69) is 22.4 Å². The third kappa shape index (κ3) is 1.36. The molecule has 1 heterocycles. The molecule has 1 aliphatic carbocycles. The maximum Gasteiger partial charge on any atom is 0.240 e. The van der Waals surface area contributed by atoms with Crippen LogP contribution in [0.5, 0.6) is 0 Å². The zero-order chi connectivity index (χ0) is 10.0. The first-order valence-corrected chi connectivity index (χ1v) is 5.33. The van der Waals surface area contributed by atoms with Gasteiger partial charge in [-0.1, -0.05) is 31.3 Å². The van der Waals surface area contributed by atoms with Gasteiger partial charge >= 0.3 is 0 Å². The molecule has 0 atom stereocenters. The van der Waals surface area contributed by atoms with Gasteiger partial charge in [-0.2, -0.15) is 0 Å². The molecule has 2 N–H and O–H groups in total. The lowest BCUT2D eigenvalue weighted by molar-refractivity contribution is 0.239. The molecule has 0 saturated heterocycles. The van der Waals surface area contributed by atoms with E-state index >= 15 is 0 Å². The van der Waals surface area contributed by atoms with Crippen molar-refractivity contribution < 1.29 is 0 Å². The Balaban J connectivity index is 2.31. The maximum absolute atomic E-state index is 5.76. The number of hydrogen-bond donors (Lipinski definition) is 1. The van der Waals surface area contributed by atoms with Gasteiger partial charge in [0.15, 0.2) is 0 Å². The highest BCUT2D eigenvalue weighted by Gasteiger charge is 2.37. The van der Waals surface area contributed by atoms with Crippen LogP contribution in [0.4, 0.5) is 5.95 Å². The SMILES string of the molecule is CCCC1(n2nnnc2N)CCCC1. The zero-order valence-electron chi connectivity index (χ0n) is 8.61. The number of rotatable bonds is 3. The van der Waals surface area contributed by atoms with Crippen molar-refractivity contribution in [2.45, 2.75) is 51.0 Å². The second-order valence-corrected chi connectivity index (χ2v) is 4.13. The summed E-state index contributed by atoms with van der Waals surface area (Å²) in [5.41, 5.74) is 5.88. The van der Waals surface area contributed by atoms with Crippen molar-refractivity contribution in [3.8, 4) is 0 Å². The molecular formula is C9H17N5. The Morgan fingerprint density at radius 1 is 1.43 bits per heavy atom. The molecule has 0 aromatic carbocycles. The van der Waals surface area contributed by atoms with Gasteiger partial charge in [-0.3, -0.25) is 0 Å². The van der Waals surface area contributed by atoms with E-state index in [9.17, 15) is 0 Å². The van der Waals surface area contributed by atoms with Crippen LogP contribution in [0, 0.1) is 0 Å². The van der Waals surface area contributed by atoms with Gasteiger partial charge in [0.2, 0.25) is 5.95 Å². The smallest absolute Gasteiger partial charge is 0.240 e. The molecule has 1 aromatic heterocycles. The summed E-state index contributed by atoms with van der Waals surface area (Å²) < 4.78 is 1.84. The number of anilines is 1. The van der Waals surface area contributed by atoms with Crippen LogP contribution in [0.1, 0.15) is 45.4 Å². The van der Waals surface area contributed by atoms with Crippen LogP contribution in [0.25, 0.3) is 0 Å². The molecule has 14 heavy (non-hydrogen) atoms. The maximum atomic E-state index is 5.76. The van der Waals surface area contributed by atoms with E-state index in [-0.39, 0.29) is 5.54 Å². The summed E-state index contributed by atoms with van der Waals surface area (Å²) in [5.74, 6) is 0.459.